The minimum Gasteiger partial charge on any atom is -0.0651 e. The molecule has 0 unspecified atom stereocenters. The molecule has 0 aromatic rings. The van der Waals surface area contributed by atoms with E-state index in [1.165, 1.54) is 44.9 Å². The molecule has 0 nitrogen and oxygen atoms in total. The number of hydrogen-bond donors (Lipinski definition) is 0. The molecule has 35 heavy (non-hydrogen) atoms. The zero-order valence-corrected chi connectivity index (χ0v) is 30.0. The van der Waals surface area contributed by atoms with E-state index in [2.05, 4.69) is 145 Å². The Kier molecular flexibility index (Phi) is 69.6. The van der Waals surface area contributed by atoms with Gasteiger partial charge in [0.25, 0.3) is 0 Å². The first-order valence-electron chi connectivity index (χ1n) is 15.9. The summed E-state index contributed by atoms with van der Waals surface area (Å²) in [5, 5.41) is 0. The maximum absolute atomic E-state index is 2.22. The van der Waals surface area contributed by atoms with Gasteiger partial charge in [0.2, 0.25) is 0 Å². The van der Waals surface area contributed by atoms with Crippen LogP contribution in [-0.4, -0.2) is 0 Å². The van der Waals surface area contributed by atoms with Crippen LogP contribution in [0.2, 0.25) is 0 Å². The third-order valence-electron chi connectivity index (χ3n) is 5.72. The standard InChI is InChI=1S/7C5H12/c7*1-4-5(2)3/h7*5H,4H2,1-3H3. The number of hydrogen-bond acceptors (Lipinski definition) is 0. The first-order chi connectivity index (χ1) is 15.9. The van der Waals surface area contributed by atoms with Gasteiger partial charge in [0, 0.05) is 0 Å². The van der Waals surface area contributed by atoms with Crippen LogP contribution in [0.3, 0.4) is 0 Å². The monoisotopic (exact) mass is 505 g/mol. The summed E-state index contributed by atoms with van der Waals surface area (Å²) in [6.45, 7) is 46.5. The lowest BCUT2D eigenvalue weighted by Crippen LogP contribution is -1.77. The first-order valence-corrected chi connectivity index (χ1v) is 15.9. The Bertz CT molecular complexity index is 177. The van der Waals surface area contributed by atoms with Crippen LogP contribution in [-0.2, 0) is 0 Å². The van der Waals surface area contributed by atoms with Gasteiger partial charge in [-0.2, -0.15) is 0 Å². The highest BCUT2D eigenvalue weighted by molar-refractivity contribution is 4.35. The van der Waals surface area contributed by atoms with Gasteiger partial charge in [-0.05, 0) is 41.4 Å². The molecular formula is C35H84. The minimum absolute atomic E-state index is 0.884. The fourth-order valence-electron chi connectivity index (χ4n) is 0. The van der Waals surface area contributed by atoms with Gasteiger partial charge < -0.3 is 0 Å². The third-order valence-corrected chi connectivity index (χ3v) is 5.72. The molecule has 0 aliphatic rings. The first kappa shape index (κ1) is 51.6. The molecule has 0 rings (SSSR count). The molecule has 0 aliphatic heterocycles. The van der Waals surface area contributed by atoms with E-state index in [0.29, 0.717) is 0 Å². The Morgan fingerprint density at radius 3 is 0.229 bits per heavy atom. The van der Waals surface area contributed by atoms with Crippen LogP contribution >= 0.6 is 0 Å². The van der Waals surface area contributed by atoms with E-state index in [9.17, 15) is 0 Å². The lowest BCUT2D eigenvalue weighted by atomic mass is 10.2. The molecule has 0 bridgehead atoms. The molecule has 0 heterocycles. The second-order valence-corrected chi connectivity index (χ2v) is 12.6. The zero-order valence-electron chi connectivity index (χ0n) is 30.0. The van der Waals surface area contributed by atoms with Gasteiger partial charge in [-0.3, -0.25) is 0 Å². The van der Waals surface area contributed by atoms with Crippen molar-refractivity contribution in [2.24, 2.45) is 41.4 Å². The fourth-order valence-corrected chi connectivity index (χ4v) is 0. The smallest absolute Gasteiger partial charge is 0.0474 e. The average molecular weight is 505 g/mol. The third kappa shape index (κ3) is 178. The normalized spacial score (nSPS) is 9.60. The summed E-state index contributed by atoms with van der Waals surface area (Å²) in [5.74, 6) is 6.19. The highest BCUT2D eigenvalue weighted by atomic mass is 13.9. The van der Waals surface area contributed by atoms with E-state index in [1.807, 2.05) is 0 Å². The van der Waals surface area contributed by atoms with Crippen LogP contribution in [0.25, 0.3) is 0 Å². The summed E-state index contributed by atoms with van der Waals surface area (Å²) in [4.78, 5) is 0. The van der Waals surface area contributed by atoms with Gasteiger partial charge in [-0.25, -0.2) is 0 Å². The van der Waals surface area contributed by atoms with Crippen molar-refractivity contribution in [3.8, 4) is 0 Å². The van der Waals surface area contributed by atoms with Gasteiger partial charge in [0.1, 0.15) is 0 Å². The van der Waals surface area contributed by atoms with E-state index >= 15 is 0 Å². The van der Waals surface area contributed by atoms with Gasteiger partial charge in [0.05, 0.1) is 0 Å². The quantitative estimate of drug-likeness (QED) is 0.323. The van der Waals surface area contributed by atoms with Crippen molar-refractivity contribution in [2.45, 2.75) is 190 Å². The van der Waals surface area contributed by atoms with Crippen LogP contribution in [0, 0.1) is 41.4 Å². The maximum atomic E-state index is 2.22. The van der Waals surface area contributed by atoms with E-state index < -0.39 is 0 Å². The molecule has 0 radical (unpaired) electrons. The van der Waals surface area contributed by atoms with Crippen molar-refractivity contribution in [1.82, 2.24) is 0 Å². The predicted molar refractivity (Wildman–Crippen MR) is 176 cm³/mol. The Balaban J connectivity index is -0.0000000523. The van der Waals surface area contributed by atoms with Crippen LogP contribution in [0.15, 0.2) is 0 Å². The van der Waals surface area contributed by atoms with Crippen molar-refractivity contribution >= 4 is 0 Å². The zero-order chi connectivity index (χ0) is 30.0. The van der Waals surface area contributed by atoms with Crippen LogP contribution in [0.5, 0.6) is 0 Å². The molecule has 0 aliphatic carbocycles. The van der Waals surface area contributed by atoms with Gasteiger partial charge in [-0.15, -0.1) is 0 Å². The molecule has 0 aromatic heterocycles. The summed E-state index contributed by atoms with van der Waals surface area (Å²) in [6.07, 6.45) is 9.14. The highest BCUT2D eigenvalue weighted by Gasteiger charge is 1.82. The Morgan fingerprint density at radius 2 is 0.229 bits per heavy atom. The van der Waals surface area contributed by atoms with E-state index in [4.69, 9.17) is 0 Å². The van der Waals surface area contributed by atoms with Crippen molar-refractivity contribution < 1.29 is 0 Å². The molecule has 224 valence electrons. The lowest BCUT2D eigenvalue weighted by Gasteiger charge is -1.90. The SMILES string of the molecule is CCC(C)C.CCC(C)C.CCC(C)C.CCC(C)C.CCC(C)C.CCC(C)C.CCC(C)C. The summed E-state index contributed by atoms with van der Waals surface area (Å²) < 4.78 is 0. The molecule has 0 heteroatoms. The van der Waals surface area contributed by atoms with Crippen LogP contribution in [0.1, 0.15) is 190 Å². The largest absolute Gasteiger partial charge is 0.0651 e. The summed E-state index contributed by atoms with van der Waals surface area (Å²) in [6, 6.07) is 0. The van der Waals surface area contributed by atoms with E-state index in [1.54, 1.807) is 0 Å². The van der Waals surface area contributed by atoms with Crippen molar-refractivity contribution in [3.05, 3.63) is 0 Å². The molecule has 0 spiro atoms. The van der Waals surface area contributed by atoms with Gasteiger partial charge in [0.15, 0.2) is 0 Å². The van der Waals surface area contributed by atoms with Crippen molar-refractivity contribution in [1.29, 1.82) is 0 Å². The van der Waals surface area contributed by atoms with Gasteiger partial charge >= 0.3 is 0 Å². The molecule has 0 saturated carbocycles. The summed E-state index contributed by atoms with van der Waals surface area (Å²) >= 11 is 0. The lowest BCUT2D eigenvalue weighted by molar-refractivity contribution is 0.626. The van der Waals surface area contributed by atoms with E-state index in [-0.39, 0.29) is 0 Å². The average Bonchev–Trinajstić information content (AvgIpc) is 2.80. The molecule has 0 saturated heterocycles. The van der Waals surface area contributed by atoms with Crippen molar-refractivity contribution in [3.63, 3.8) is 0 Å². The van der Waals surface area contributed by atoms with Crippen LogP contribution < -0.4 is 0 Å². The second-order valence-electron chi connectivity index (χ2n) is 12.6. The Hall–Kier alpha value is 0. The van der Waals surface area contributed by atoms with Crippen molar-refractivity contribution in [2.75, 3.05) is 0 Å². The van der Waals surface area contributed by atoms with Gasteiger partial charge in [-0.1, -0.05) is 190 Å². The number of rotatable bonds is 7. The maximum Gasteiger partial charge on any atom is -0.0474 e. The van der Waals surface area contributed by atoms with Crippen LogP contribution in [0.4, 0.5) is 0 Å². The molecule has 0 aromatic carbocycles. The second kappa shape index (κ2) is 47.2. The topological polar surface area (TPSA) is 0 Å². The fraction of sp³-hybridized carbons (Fsp3) is 1.00. The summed E-state index contributed by atoms with van der Waals surface area (Å²) in [5.41, 5.74) is 0. The summed E-state index contributed by atoms with van der Waals surface area (Å²) in [7, 11) is 0. The highest BCUT2D eigenvalue weighted by Crippen LogP contribution is 1.96. The Morgan fingerprint density at radius 1 is 0.200 bits per heavy atom. The predicted octanol–water partition coefficient (Wildman–Crippen LogP) is 14.4. The Labute approximate surface area is 231 Å². The molecule has 0 N–H and O–H groups in total. The molecule has 0 atom stereocenters. The molecule has 0 amide bonds. The molecular weight excluding hydrogens is 420 g/mol. The molecule has 0 fully saturated rings. The minimum atomic E-state index is 0.884. The van der Waals surface area contributed by atoms with E-state index in [0.717, 1.165) is 41.4 Å².